The number of hydrogen-bond acceptors (Lipinski definition) is 8. The number of hydrogen-bond donors (Lipinski definition) is 1. The number of amides is 1. The van der Waals surface area contributed by atoms with Crippen LogP contribution >= 0.6 is 11.3 Å². The fourth-order valence-electron chi connectivity index (χ4n) is 2.67. The van der Waals surface area contributed by atoms with Crippen molar-refractivity contribution >= 4 is 32.6 Å². The van der Waals surface area contributed by atoms with Crippen molar-refractivity contribution in [3.05, 3.63) is 29.9 Å². The third-order valence-corrected chi connectivity index (χ3v) is 5.17. The maximum atomic E-state index is 12.2. The zero-order chi connectivity index (χ0) is 17.4. The van der Waals surface area contributed by atoms with Crippen molar-refractivity contribution in [1.29, 1.82) is 0 Å². The van der Waals surface area contributed by atoms with Crippen molar-refractivity contribution in [3.63, 3.8) is 0 Å². The molecule has 1 aliphatic rings. The minimum atomic E-state index is -0.0504. The molecule has 3 aromatic rings. The van der Waals surface area contributed by atoms with E-state index < -0.39 is 0 Å². The Hall–Kier alpha value is -2.68. The summed E-state index contributed by atoms with van der Waals surface area (Å²) in [6.45, 7) is 3.32. The zero-order valence-corrected chi connectivity index (χ0v) is 14.7. The SMILES string of the molecule is COc1ccc2nc(N3CC(C(=O)NCc4nc(C)no4)C3)sc2c1. The van der Waals surface area contributed by atoms with E-state index in [2.05, 4.69) is 25.3 Å². The fraction of sp³-hybridized carbons (Fsp3) is 0.375. The number of nitrogens with one attached hydrogen (secondary N) is 1. The van der Waals surface area contributed by atoms with Gasteiger partial charge < -0.3 is 19.5 Å². The molecule has 0 radical (unpaired) electrons. The quantitative estimate of drug-likeness (QED) is 0.742. The molecule has 0 atom stereocenters. The lowest BCUT2D eigenvalue weighted by molar-refractivity contribution is -0.126. The number of thiazole rings is 1. The summed E-state index contributed by atoms with van der Waals surface area (Å²) in [7, 11) is 1.65. The number of anilines is 1. The van der Waals surface area contributed by atoms with Gasteiger partial charge in [-0.15, -0.1) is 0 Å². The van der Waals surface area contributed by atoms with Gasteiger partial charge in [-0.1, -0.05) is 16.5 Å². The normalized spacial score (nSPS) is 14.6. The number of fused-ring (bicyclic) bond motifs is 1. The second-order valence-corrected chi connectivity index (χ2v) is 6.89. The van der Waals surface area contributed by atoms with Crippen molar-refractivity contribution < 1.29 is 14.1 Å². The number of benzene rings is 1. The summed E-state index contributed by atoms with van der Waals surface area (Å²) in [5, 5.41) is 7.46. The first kappa shape index (κ1) is 15.8. The van der Waals surface area contributed by atoms with Gasteiger partial charge in [0.1, 0.15) is 5.75 Å². The summed E-state index contributed by atoms with van der Waals surface area (Å²) < 4.78 is 11.3. The van der Waals surface area contributed by atoms with Crippen LogP contribution < -0.4 is 15.0 Å². The maximum absolute atomic E-state index is 12.2. The van der Waals surface area contributed by atoms with E-state index >= 15 is 0 Å². The average Bonchev–Trinajstić information content (AvgIpc) is 3.16. The highest BCUT2D eigenvalue weighted by atomic mass is 32.1. The van der Waals surface area contributed by atoms with Crippen molar-refractivity contribution in [1.82, 2.24) is 20.4 Å². The number of ether oxygens (including phenoxy) is 1. The molecule has 8 nitrogen and oxygen atoms in total. The molecule has 3 heterocycles. The summed E-state index contributed by atoms with van der Waals surface area (Å²) in [5.74, 6) is 1.74. The topological polar surface area (TPSA) is 93.4 Å². The van der Waals surface area contributed by atoms with Crippen molar-refractivity contribution in [3.8, 4) is 5.75 Å². The smallest absolute Gasteiger partial charge is 0.246 e. The molecule has 1 fully saturated rings. The van der Waals surface area contributed by atoms with Gasteiger partial charge in [-0.25, -0.2) is 4.98 Å². The first-order valence-corrected chi connectivity index (χ1v) is 8.70. The second kappa shape index (κ2) is 6.32. The van der Waals surface area contributed by atoms with Crippen LogP contribution in [0.5, 0.6) is 5.75 Å². The second-order valence-electron chi connectivity index (χ2n) is 5.89. The molecule has 1 N–H and O–H groups in total. The molecule has 0 aliphatic carbocycles. The van der Waals surface area contributed by atoms with E-state index in [0.717, 1.165) is 21.1 Å². The monoisotopic (exact) mass is 359 g/mol. The van der Waals surface area contributed by atoms with Crippen LogP contribution in [0.3, 0.4) is 0 Å². The standard InChI is InChI=1S/C16H17N5O3S/c1-9-18-14(24-20-9)6-17-15(22)10-7-21(8-10)16-19-12-4-3-11(23-2)5-13(12)25-16/h3-5,10H,6-8H2,1-2H3,(H,17,22). The van der Waals surface area contributed by atoms with Gasteiger partial charge in [0, 0.05) is 13.1 Å². The van der Waals surface area contributed by atoms with Crippen molar-refractivity contribution in [2.75, 3.05) is 25.1 Å². The molecule has 9 heteroatoms. The van der Waals surface area contributed by atoms with E-state index in [4.69, 9.17) is 9.26 Å². The summed E-state index contributed by atoms with van der Waals surface area (Å²) in [6, 6.07) is 5.83. The van der Waals surface area contributed by atoms with Crippen LogP contribution in [0.15, 0.2) is 22.7 Å². The molecule has 1 aromatic carbocycles. The molecule has 0 spiro atoms. The van der Waals surface area contributed by atoms with E-state index in [1.54, 1.807) is 25.4 Å². The molecule has 0 saturated carbocycles. The number of aromatic nitrogens is 3. The van der Waals surface area contributed by atoms with E-state index in [1.807, 2.05) is 18.2 Å². The van der Waals surface area contributed by atoms with Gasteiger partial charge >= 0.3 is 0 Å². The van der Waals surface area contributed by atoms with Crippen LogP contribution in [-0.2, 0) is 11.3 Å². The van der Waals surface area contributed by atoms with E-state index in [1.165, 1.54) is 0 Å². The number of nitrogens with zero attached hydrogens (tertiary/aromatic N) is 4. The van der Waals surface area contributed by atoms with Crippen LogP contribution in [0.2, 0.25) is 0 Å². The van der Waals surface area contributed by atoms with E-state index in [0.29, 0.717) is 24.8 Å². The Morgan fingerprint density at radius 2 is 2.28 bits per heavy atom. The van der Waals surface area contributed by atoms with Gasteiger partial charge in [-0.2, -0.15) is 4.98 Å². The minimum Gasteiger partial charge on any atom is -0.497 e. The number of methoxy groups -OCH3 is 1. The molecular weight excluding hydrogens is 342 g/mol. The number of carbonyl (C=O) groups excluding carboxylic acids is 1. The highest BCUT2D eigenvalue weighted by molar-refractivity contribution is 7.22. The van der Waals surface area contributed by atoms with Gasteiger partial charge in [0.2, 0.25) is 11.8 Å². The molecular formula is C16H17N5O3S. The minimum absolute atomic E-state index is 0.00474. The summed E-state index contributed by atoms with van der Waals surface area (Å²) >= 11 is 1.61. The molecule has 1 saturated heterocycles. The lowest BCUT2D eigenvalue weighted by Gasteiger charge is -2.37. The van der Waals surface area contributed by atoms with Crippen molar-refractivity contribution in [2.45, 2.75) is 13.5 Å². The number of rotatable bonds is 5. The predicted molar refractivity (Wildman–Crippen MR) is 92.8 cm³/mol. The van der Waals surface area contributed by atoms with Crippen LogP contribution in [0.1, 0.15) is 11.7 Å². The fourth-order valence-corrected chi connectivity index (χ4v) is 3.69. The van der Waals surface area contributed by atoms with E-state index in [-0.39, 0.29) is 18.4 Å². The number of aryl methyl sites for hydroxylation is 1. The summed E-state index contributed by atoms with van der Waals surface area (Å²) in [4.78, 5) is 23.0. The van der Waals surface area contributed by atoms with Crippen molar-refractivity contribution in [2.24, 2.45) is 5.92 Å². The summed E-state index contributed by atoms with van der Waals surface area (Å²) in [5.41, 5.74) is 0.945. The Morgan fingerprint density at radius 3 is 3.00 bits per heavy atom. The van der Waals surface area contributed by atoms with E-state index in [9.17, 15) is 4.79 Å². The van der Waals surface area contributed by atoms with Gasteiger partial charge in [-0.3, -0.25) is 4.79 Å². The maximum Gasteiger partial charge on any atom is 0.246 e. The average molecular weight is 359 g/mol. The largest absolute Gasteiger partial charge is 0.497 e. The first-order chi connectivity index (χ1) is 12.1. The highest BCUT2D eigenvalue weighted by Crippen LogP contribution is 2.34. The number of carbonyl (C=O) groups is 1. The van der Waals surface area contributed by atoms with Crippen LogP contribution in [0.4, 0.5) is 5.13 Å². The summed E-state index contributed by atoms with van der Waals surface area (Å²) in [6.07, 6.45) is 0. The highest BCUT2D eigenvalue weighted by Gasteiger charge is 2.34. The Morgan fingerprint density at radius 1 is 1.44 bits per heavy atom. The lowest BCUT2D eigenvalue weighted by Crippen LogP contribution is -2.53. The van der Waals surface area contributed by atoms with Gasteiger partial charge in [0.15, 0.2) is 11.0 Å². The van der Waals surface area contributed by atoms with Crippen LogP contribution in [0, 0.1) is 12.8 Å². The first-order valence-electron chi connectivity index (χ1n) is 7.89. The molecule has 130 valence electrons. The Labute approximate surface area is 147 Å². The van der Waals surface area contributed by atoms with Crippen LogP contribution in [0.25, 0.3) is 10.2 Å². The third-order valence-electron chi connectivity index (χ3n) is 4.09. The molecule has 2 aromatic heterocycles. The molecule has 25 heavy (non-hydrogen) atoms. The molecule has 1 aliphatic heterocycles. The van der Waals surface area contributed by atoms with Gasteiger partial charge in [-0.05, 0) is 25.1 Å². The lowest BCUT2D eigenvalue weighted by atomic mass is 10.0. The molecule has 4 rings (SSSR count). The van der Waals surface area contributed by atoms with Crippen LogP contribution in [-0.4, -0.2) is 41.2 Å². The molecule has 0 unspecified atom stereocenters. The Balaban J connectivity index is 1.34. The predicted octanol–water partition coefficient (Wildman–Crippen LogP) is 1.75. The van der Waals surface area contributed by atoms with Gasteiger partial charge in [0.05, 0.1) is 29.8 Å². The molecule has 1 amide bonds. The zero-order valence-electron chi connectivity index (χ0n) is 13.9. The Kier molecular flexibility index (Phi) is 4.00. The molecule has 0 bridgehead atoms. The van der Waals surface area contributed by atoms with Gasteiger partial charge in [0.25, 0.3) is 0 Å². The third kappa shape index (κ3) is 3.14. The Bertz CT molecular complexity index is 916.